The molecular weight excluding hydrogens is 870 g/mol. The standard InChI is InChI=1S/C58H104NO8P/c1-3-5-7-9-11-13-15-17-19-21-23-25-27-29-31-33-35-37-39-41-43-45-47-49-51-58(62)65-54-56(60)55-67-68(63,64)66-53-52-59-57(61)50-48-46-44-42-40-38-36-34-32-30-28-26-24-22-20-18-16-14-12-10-8-6-4-2/h6,8,12,14,18,20,24,26,30,32,36,38,56,60H,3-5,7,9-11,13,15-17,19,21-23,25,27-29,31,33-35,37,39-55H2,1-2H3,(H,59,61)(H,63,64)/b8-6-,14-12-,20-18-,26-24-,32-30-,38-36-. The van der Waals surface area contributed by atoms with Gasteiger partial charge in [0.1, 0.15) is 12.7 Å². The van der Waals surface area contributed by atoms with E-state index in [1.54, 1.807) is 0 Å². The third-order valence-corrected chi connectivity index (χ3v) is 12.9. The summed E-state index contributed by atoms with van der Waals surface area (Å²) in [4.78, 5) is 34.1. The number of carbonyl (C=O) groups excluding carboxylic acids is 2. The molecule has 0 aromatic carbocycles. The highest BCUT2D eigenvalue weighted by Gasteiger charge is 2.23. The first kappa shape index (κ1) is 65.5. The summed E-state index contributed by atoms with van der Waals surface area (Å²) >= 11 is 0. The number of esters is 1. The average Bonchev–Trinajstić information content (AvgIpc) is 3.33. The molecule has 0 aliphatic heterocycles. The zero-order valence-electron chi connectivity index (χ0n) is 43.8. The number of phosphoric ester groups is 1. The van der Waals surface area contributed by atoms with Crippen molar-refractivity contribution in [3.63, 3.8) is 0 Å². The summed E-state index contributed by atoms with van der Waals surface area (Å²) in [7, 11) is -4.44. The molecule has 0 fully saturated rings. The Morgan fingerprint density at radius 1 is 0.471 bits per heavy atom. The van der Waals surface area contributed by atoms with E-state index >= 15 is 0 Å². The lowest BCUT2D eigenvalue weighted by Gasteiger charge is -2.15. The summed E-state index contributed by atoms with van der Waals surface area (Å²) in [5.74, 6) is -0.537. The number of rotatable bonds is 52. The minimum absolute atomic E-state index is 0.0647. The molecule has 68 heavy (non-hydrogen) atoms. The summed E-state index contributed by atoms with van der Waals surface area (Å²) in [5.41, 5.74) is 0. The van der Waals surface area contributed by atoms with Crippen molar-refractivity contribution < 1.29 is 37.9 Å². The molecule has 0 saturated carbocycles. The quantitative estimate of drug-likeness (QED) is 0.0238. The molecule has 0 radical (unpaired) electrons. The molecule has 9 nitrogen and oxygen atoms in total. The molecule has 0 aromatic rings. The zero-order valence-corrected chi connectivity index (χ0v) is 44.7. The van der Waals surface area contributed by atoms with Crippen molar-refractivity contribution in [1.82, 2.24) is 5.32 Å². The molecule has 0 aliphatic carbocycles. The molecule has 1 amide bonds. The summed E-state index contributed by atoms with van der Waals surface area (Å²) in [6.45, 7) is 3.44. The molecular formula is C58H104NO8P. The Labute approximate surface area is 418 Å². The van der Waals surface area contributed by atoms with Crippen molar-refractivity contribution in [1.29, 1.82) is 0 Å². The van der Waals surface area contributed by atoms with Crippen LogP contribution in [0.2, 0.25) is 0 Å². The fraction of sp³-hybridized carbons (Fsp3) is 0.759. The number of aliphatic hydroxyl groups excluding tert-OH is 1. The van der Waals surface area contributed by atoms with Crippen LogP contribution in [-0.2, 0) is 27.9 Å². The van der Waals surface area contributed by atoms with Crippen molar-refractivity contribution in [3.8, 4) is 0 Å². The first-order valence-corrected chi connectivity index (χ1v) is 29.4. The molecule has 0 aromatic heterocycles. The van der Waals surface area contributed by atoms with Crippen molar-refractivity contribution in [3.05, 3.63) is 72.9 Å². The van der Waals surface area contributed by atoms with E-state index in [0.29, 0.717) is 6.42 Å². The Balaban J connectivity index is 3.58. The maximum absolute atomic E-state index is 12.2. The number of phosphoric acid groups is 1. The number of hydrogen-bond acceptors (Lipinski definition) is 7. The molecule has 0 rings (SSSR count). The fourth-order valence-electron chi connectivity index (χ4n) is 7.74. The van der Waals surface area contributed by atoms with Crippen LogP contribution in [0.4, 0.5) is 0 Å². The van der Waals surface area contributed by atoms with Gasteiger partial charge in [-0.05, 0) is 64.2 Å². The van der Waals surface area contributed by atoms with Crippen LogP contribution in [0.25, 0.3) is 0 Å². The predicted octanol–water partition coefficient (Wildman–Crippen LogP) is 17.0. The highest BCUT2D eigenvalue weighted by Crippen LogP contribution is 2.42. The van der Waals surface area contributed by atoms with Gasteiger partial charge in [0, 0.05) is 19.4 Å². The van der Waals surface area contributed by atoms with E-state index in [1.165, 1.54) is 135 Å². The van der Waals surface area contributed by atoms with Gasteiger partial charge in [0.05, 0.1) is 13.2 Å². The van der Waals surface area contributed by atoms with Crippen LogP contribution in [-0.4, -0.2) is 54.3 Å². The zero-order chi connectivity index (χ0) is 49.5. The van der Waals surface area contributed by atoms with Gasteiger partial charge in [-0.25, -0.2) is 4.57 Å². The fourth-order valence-corrected chi connectivity index (χ4v) is 8.50. The molecule has 0 aliphatic rings. The Morgan fingerprint density at radius 3 is 1.26 bits per heavy atom. The van der Waals surface area contributed by atoms with E-state index < -0.39 is 26.5 Å². The normalized spacial score (nSPS) is 13.6. The number of hydrogen-bond donors (Lipinski definition) is 3. The largest absolute Gasteiger partial charge is 0.472 e. The number of unbranched alkanes of at least 4 members (excludes halogenated alkanes) is 27. The Hall–Kier alpha value is -2.55. The van der Waals surface area contributed by atoms with Gasteiger partial charge in [-0.15, -0.1) is 0 Å². The third kappa shape index (κ3) is 54.4. The molecule has 2 unspecified atom stereocenters. The second-order valence-corrected chi connectivity index (χ2v) is 20.0. The Bertz CT molecular complexity index is 1340. The Kier molecular flexibility index (Phi) is 51.8. The lowest BCUT2D eigenvalue weighted by Crippen LogP contribution is -2.27. The van der Waals surface area contributed by atoms with E-state index in [-0.39, 0.29) is 32.1 Å². The summed E-state index contributed by atoms with van der Waals surface area (Å²) < 4.78 is 27.0. The SMILES string of the molecule is CC/C=C\C/C=C\C/C=C\C/C=C\C/C=C\C/C=C\CCCCCCC(=O)NCCOP(=O)(O)OCC(O)COC(=O)CCCCCCCCCCCCCCCCCCCCCCCCCC. The summed E-state index contributed by atoms with van der Waals surface area (Å²) in [6, 6.07) is 0. The third-order valence-electron chi connectivity index (χ3n) is 11.9. The van der Waals surface area contributed by atoms with Crippen LogP contribution in [0.5, 0.6) is 0 Å². The van der Waals surface area contributed by atoms with Crippen molar-refractivity contribution in [2.45, 2.75) is 258 Å². The highest BCUT2D eigenvalue weighted by molar-refractivity contribution is 7.47. The number of nitrogens with one attached hydrogen (secondary N) is 1. The molecule has 0 heterocycles. The van der Waals surface area contributed by atoms with Gasteiger partial charge >= 0.3 is 13.8 Å². The first-order chi connectivity index (χ1) is 33.3. The molecule has 0 saturated heterocycles. The van der Waals surface area contributed by atoms with Gasteiger partial charge in [0.15, 0.2) is 0 Å². The second kappa shape index (κ2) is 53.8. The van der Waals surface area contributed by atoms with E-state index in [9.17, 15) is 24.2 Å². The highest BCUT2D eigenvalue weighted by atomic mass is 31.2. The lowest BCUT2D eigenvalue weighted by atomic mass is 10.0. The first-order valence-electron chi connectivity index (χ1n) is 27.9. The molecule has 0 bridgehead atoms. The molecule has 3 N–H and O–H groups in total. The van der Waals surface area contributed by atoms with Crippen LogP contribution in [0, 0.1) is 0 Å². The minimum atomic E-state index is -4.44. The maximum atomic E-state index is 12.2. The predicted molar refractivity (Wildman–Crippen MR) is 289 cm³/mol. The molecule has 10 heteroatoms. The van der Waals surface area contributed by atoms with Crippen LogP contribution >= 0.6 is 7.82 Å². The Morgan fingerprint density at radius 2 is 0.838 bits per heavy atom. The van der Waals surface area contributed by atoms with Crippen molar-refractivity contribution in [2.24, 2.45) is 0 Å². The van der Waals surface area contributed by atoms with E-state index in [1.807, 2.05) is 0 Å². The van der Waals surface area contributed by atoms with E-state index in [2.05, 4.69) is 92.1 Å². The monoisotopic (exact) mass is 974 g/mol. The number of amides is 1. The molecule has 2 atom stereocenters. The van der Waals surface area contributed by atoms with Crippen LogP contribution < -0.4 is 5.32 Å². The molecule has 0 spiro atoms. The topological polar surface area (TPSA) is 131 Å². The minimum Gasteiger partial charge on any atom is -0.463 e. The number of carbonyl (C=O) groups is 2. The van der Waals surface area contributed by atoms with Gasteiger partial charge < -0.3 is 20.1 Å². The van der Waals surface area contributed by atoms with Crippen molar-refractivity contribution >= 4 is 19.7 Å². The lowest BCUT2D eigenvalue weighted by molar-refractivity contribution is -0.147. The second-order valence-electron chi connectivity index (χ2n) is 18.5. The average molecular weight is 974 g/mol. The number of allylic oxidation sites excluding steroid dienone is 12. The summed E-state index contributed by atoms with van der Waals surface area (Å²) in [5, 5.41) is 12.8. The van der Waals surface area contributed by atoms with Gasteiger partial charge in [0.2, 0.25) is 5.91 Å². The number of ether oxygens (including phenoxy) is 1. The van der Waals surface area contributed by atoms with Gasteiger partial charge in [0.25, 0.3) is 0 Å². The maximum Gasteiger partial charge on any atom is 0.472 e. The van der Waals surface area contributed by atoms with E-state index in [4.69, 9.17) is 13.8 Å². The van der Waals surface area contributed by atoms with Crippen LogP contribution in [0.3, 0.4) is 0 Å². The smallest absolute Gasteiger partial charge is 0.463 e. The summed E-state index contributed by atoms with van der Waals surface area (Å²) in [6.07, 6.45) is 68.5. The van der Waals surface area contributed by atoms with Gasteiger partial charge in [-0.2, -0.15) is 0 Å². The number of aliphatic hydroxyl groups is 1. The molecule has 394 valence electrons. The van der Waals surface area contributed by atoms with Gasteiger partial charge in [-0.1, -0.05) is 247 Å². The van der Waals surface area contributed by atoms with Crippen LogP contribution in [0.15, 0.2) is 72.9 Å². The van der Waals surface area contributed by atoms with Crippen LogP contribution in [0.1, 0.15) is 251 Å². The van der Waals surface area contributed by atoms with Gasteiger partial charge in [-0.3, -0.25) is 18.6 Å². The van der Waals surface area contributed by atoms with E-state index in [0.717, 1.165) is 89.9 Å². The van der Waals surface area contributed by atoms with Crippen molar-refractivity contribution in [2.75, 3.05) is 26.4 Å².